The first kappa shape index (κ1) is 7.03. The summed E-state index contributed by atoms with van der Waals surface area (Å²) in [5, 5.41) is 3.09. The lowest BCUT2D eigenvalue weighted by Gasteiger charge is -2.17. The van der Waals surface area contributed by atoms with E-state index in [9.17, 15) is 0 Å². The average Bonchev–Trinajstić information content (AvgIpc) is 2.50. The largest absolute Gasteiger partial charge is 0.326 e. The quantitative estimate of drug-likeness (QED) is 0.575. The molecule has 2 heteroatoms. The molecule has 0 saturated heterocycles. The van der Waals surface area contributed by atoms with Crippen LogP contribution >= 0.6 is 0 Å². The van der Waals surface area contributed by atoms with Gasteiger partial charge >= 0.3 is 0 Å². The van der Waals surface area contributed by atoms with Crippen molar-refractivity contribution in [3.8, 4) is 0 Å². The molecule has 1 saturated carbocycles. The van der Waals surface area contributed by atoms with Crippen LogP contribution in [-0.2, 0) is 0 Å². The van der Waals surface area contributed by atoms with Gasteiger partial charge in [0.25, 0.3) is 0 Å². The van der Waals surface area contributed by atoms with Crippen molar-refractivity contribution in [3.05, 3.63) is 0 Å². The number of nitrogens with two attached hydrogens (primary N) is 1. The number of rotatable bonds is 3. The maximum atomic E-state index is 5.86. The maximum Gasteiger partial charge on any atom is 0.0219 e. The molecule has 3 N–H and O–H groups in total. The summed E-state index contributed by atoms with van der Waals surface area (Å²) >= 11 is 0. The number of nitrogens with one attached hydrogen (secondary N) is 1. The number of likely N-dealkylation sites (N-methyl/N-ethyl adjacent to an activating group) is 1. The van der Waals surface area contributed by atoms with E-state index in [1.165, 1.54) is 12.8 Å². The zero-order chi connectivity index (χ0) is 6.91. The third-order valence-corrected chi connectivity index (χ3v) is 2.36. The molecule has 0 aromatic rings. The normalized spacial score (nSPS) is 25.7. The molecule has 0 bridgehead atoms. The highest BCUT2D eigenvalue weighted by molar-refractivity contribution is 4.97. The summed E-state index contributed by atoms with van der Waals surface area (Å²) in [6, 6.07) is 0.363. The summed E-state index contributed by atoms with van der Waals surface area (Å²) in [6.45, 7) is 3.21. The fraction of sp³-hybridized carbons (Fsp3) is 1.00. The maximum absolute atomic E-state index is 5.86. The molecule has 0 heterocycles. The molecule has 54 valence electrons. The summed E-state index contributed by atoms with van der Waals surface area (Å²) in [5.74, 6) is 0. The van der Waals surface area contributed by atoms with Gasteiger partial charge in [-0.3, -0.25) is 0 Å². The molecule has 1 aliphatic rings. The molecule has 2 nitrogen and oxygen atoms in total. The van der Waals surface area contributed by atoms with Crippen LogP contribution in [-0.4, -0.2) is 19.6 Å². The van der Waals surface area contributed by atoms with Gasteiger partial charge in [0.15, 0.2) is 0 Å². The van der Waals surface area contributed by atoms with E-state index >= 15 is 0 Å². The lowest BCUT2D eigenvalue weighted by atomic mass is 10.0. The highest BCUT2D eigenvalue weighted by Gasteiger charge is 2.42. The minimum absolute atomic E-state index is 0.363. The van der Waals surface area contributed by atoms with Crippen LogP contribution in [0.3, 0.4) is 0 Å². The zero-order valence-electron chi connectivity index (χ0n) is 6.28. The molecule has 0 radical (unpaired) electrons. The third-order valence-electron chi connectivity index (χ3n) is 2.36. The van der Waals surface area contributed by atoms with Crippen LogP contribution in [0.25, 0.3) is 0 Å². The average molecular weight is 128 g/mol. The second kappa shape index (κ2) is 2.27. The summed E-state index contributed by atoms with van der Waals surface area (Å²) in [4.78, 5) is 0. The Labute approximate surface area is 56.8 Å². The van der Waals surface area contributed by atoms with Crippen molar-refractivity contribution in [2.75, 3.05) is 13.6 Å². The second-order valence-corrected chi connectivity index (χ2v) is 3.32. The minimum atomic E-state index is 0.363. The van der Waals surface area contributed by atoms with Gasteiger partial charge in [-0.15, -0.1) is 0 Å². The fourth-order valence-electron chi connectivity index (χ4n) is 1.03. The molecule has 1 unspecified atom stereocenters. The zero-order valence-corrected chi connectivity index (χ0v) is 6.28. The van der Waals surface area contributed by atoms with Crippen molar-refractivity contribution in [2.45, 2.75) is 25.8 Å². The molecular weight excluding hydrogens is 112 g/mol. The van der Waals surface area contributed by atoms with E-state index in [1.807, 2.05) is 7.05 Å². The minimum Gasteiger partial charge on any atom is -0.326 e. The van der Waals surface area contributed by atoms with Gasteiger partial charge in [0.2, 0.25) is 0 Å². The predicted octanol–water partition coefficient (Wildman–Crippen LogP) is 0.333. The molecule has 9 heavy (non-hydrogen) atoms. The van der Waals surface area contributed by atoms with Gasteiger partial charge in [0, 0.05) is 12.6 Å². The van der Waals surface area contributed by atoms with Gasteiger partial charge in [-0.25, -0.2) is 0 Å². The molecule has 1 atom stereocenters. The summed E-state index contributed by atoms with van der Waals surface area (Å²) < 4.78 is 0. The van der Waals surface area contributed by atoms with Crippen LogP contribution in [0.5, 0.6) is 0 Å². The van der Waals surface area contributed by atoms with E-state index in [0.717, 1.165) is 6.54 Å². The van der Waals surface area contributed by atoms with Gasteiger partial charge in [-0.1, -0.05) is 6.92 Å². The summed E-state index contributed by atoms with van der Waals surface area (Å²) in [7, 11) is 1.95. The van der Waals surface area contributed by atoms with Crippen molar-refractivity contribution in [3.63, 3.8) is 0 Å². The Bertz CT molecular complexity index is 97.1. The van der Waals surface area contributed by atoms with Crippen molar-refractivity contribution in [2.24, 2.45) is 11.1 Å². The van der Waals surface area contributed by atoms with Crippen LogP contribution in [0.2, 0.25) is 0 Å². The third kappa shape index (κ3) is 1.43. The Morgan fingerprint density at radius 3 is 2.56 bits per heavy atom. The Kier molecular flexibility index (Phi) is 1.78. The van der Waals surface area contributed by atoms with Crippen molar-refractivity contribution in [1.29, 1.82) is 0 Å². The van der Waals surface area contributed by atoms with Crippen molar-refractivity contribution in [1.82, 2.24) is 5.32 Å². The van der Waals surface area contributed by atoms with Crippen LogP contribution in [0.4, 0.5) is 0 Å². The van der Waals surface area contributed by atoms with Crippen LogP contribution in [0.15, 0.2) is 0 Å². The van der Waals surface area contributed by atoms with E-state index in [0.29, 0.717) is 11.5 Å². The highest BCUT2D eigenvalue weighted by atomic mass is 14.9. The van der Waals surface area contributed by atoms with Gasteiger partial charge < -0.3 is 11.1 Å². The van der Waals surface area contributed by atoms with Crippen molar-refractivity contribution < 1.29 is 0 Å². The first-order chi connectivity index (χ1) is 4.19. The Hall–Kier alpha value is -0.0800. The Morgan fingerprint density at radius 1 is 1.67 bits per heavy atom. The molecule has 0 amide bonds. The predicted molar refractivity (Wildman–Crippen MR) is 39.2 cm³/mol. The van der Waals surface area contributed by atoms with Crippen LogP contribution in [0, 0.1) is 5.41 Å². The molecule has 1 aliphatic carbocycles. The smallest absolute Gasteiger partial charge is 0.0219 e. The summed E-state index contributed by atoms with van der Waals surface area (Å²) in [5.41, 5.74) is 6.34. The molecule has 1 rings (SSSR count). The molecule has 1 fully saturated rings. The fourth-order valence-corrected chi connectivity index (χ4v) is 1.03. The van der Waals surface area contributed by atoms with Crippen LogP contribution < -0.4 is 11.1 Å². The molecular formula is C7H16N2. The van der Waals surface area contributed by atoms with Crippen LogP contribution in [0.1, 0.15) is 19.8 Å². The van der Waals surface area contributed by atoms with Gasteiger partial charge in [-0.2, -0.15) is 0 Å². The topological polar surface area (TPSA) is 38.0 Å². The summed E-state index contributed by atoms with van der Waals surface area (Å²) in [6.07, 6.45) is 2.63. The standard InChI is InChI=1S/C7H16N2/c1-7(3-4-7)6(8)5-9-2/h6,9H,3-5,8H2,1-2H3. The number of hydrogen-bond acceptors (Lipinski definition) is 2. The van der Waals surface area contributed by atoms with Gasteiger partial charge in [-0.05, 0) is 25.3 Å². The van der Waals surface area contributed by atoms with Gasteiger partial charge in [0.1, 0.15) is 0 Å². The monoisotopic (exact) mass is 128 g/mol. The van der Waals surface area contributed by atoms with E-state index in [1.54, 1.807) is 0 Å². The first-order valence-corrected chi connectivity index (χ1v) is 3.59. The molecule has 0 aliphatic heterocycles. The molecule has 0 spiro atoms. The van der Waals surface area contributed by atoms with E-state index in [-0.39, 0.29) is 0 Å². The lowest BCUT2D eigenvalue weighted by molar-refractivity contribution is 0.422. The highest BCUT2D eigenvalue weighted by Crippen LogP contribution is 2.46. The Balaban J connectivity index is 2.24. The second-order valence-electron chi connectivity index (χ2n) is 3.32. The molecule has 0 aromatic carbocycles. The van der Waals surface area contributed by atoms with E-state index < -0.39 is 0 Å². The van der Waals surface area contributed by atoms with Gasteiger partial charge in [0.05, 0.1) is 0 Å². The van der Waals surface area contributed by atoms with Crippen molar-refractivity contribution >= 4 is 0 Å². The Morgan fingerprint density at radius 2 is 2.22 bits per heavy atom. The van der Waals surface area contributed by atoms with E-state index in [4.69, 9.17) is 5.73 Å². The number of hydrogen-bond donors (Lipinski definition) is 2. The molecule has 0 aromatic heterocycles. The lowest BCUT2D eigenvalue weighted by Crippen LogP contribution is -2.38. The van der Waals surface area contributed by atoms with E-state index in [2.05, 4.69) is 12.2 Å². The first-order valence-electron chi connectivity index (χ1n) is 3.59. The SMILES string of the molecule is CNCC(N)C1(C)CC1.